The van der Waals surface area contributed by atoms with Crippen molar-refractivity contribution in [2.45, 2.75) is 39.7 Å². The number of carbonyl (C=O) groups is 1. The Hall–Kier alpha value is -1.63. The molecule has 0 aromatic carbocycles. The number of rotatable bonds is 7. The van der Waals surface area contributed by atoms with Crippen molar-refractivity contribution in [2.24, 2.45) is 5.92 Å². The zero-order valence-electron chi connectivity index (χ0n) is 14.7. The molecule has 1 aromatic rings. The van der Waals surface area contributed by atoms with E-state index in [4.69, 9.17) is 0 Å². The largest absolute Gasteiger partial charge is 0.353 e. The third-order valence-electron chi connectivity index (χ3n) is 4.30. The van der Waals surface area contributed by atoms with E-state index in [1.165, 1.54) is 0 Å². The van der Waals surface area contributed by atoms with Crippen LogP contribution in [0.5, 0.6) is 0 Å². The number of carbonyl (C=O) groups excluding carboxylic acids is 1. The molecule has 1 atom stereocenters. The molecule has 1 aliphatic heterocycles. The molecule has 0 bridgehead atoms. The Morgan fingerprint density at radius 2 is 2.17 bits per heavy atom. The highest BCUT2D eigenvalue weighted by Crippen LogP contribution is 2.22. The first-order chi connectivity index (χ1) is 11.3. The van der Waals surface area contributed by atoms with Crippen molar-refractivity contribution in [3.63, 3.8) is 0 Å². The minimum Gasteiger partial charge on any atom is -0.353 e. The fraction of sp³-hybridized carbons (Fsp3) is 0.647. The lowest BCUT2D eigenvalue weighted by atomic mass is 10.1. The summed E-state index contributed by atoms with van der Waals surface area (Å²) in [6.45, 7) is 7.56. The predicted octanol–water partition coefficient (Wildman–Crippen LogP) is 1.87. The molecular weight excluding hydrogens is 326 g/mol. The third-order valence-corrected chi connectivity index (χ3v) is 6.05. The van der Waals surface area contributed by atoms with Gasteiger partial charge in [-0.05, 0) is 37.8 Å². The van der Waals surface area contributed by atoms with Gasteiger partial charge in [0.05, 0.1) is 17.1 Å². The molecule has 0 aliphatic carbocycles. The minimum absolute atomic E-state index is 0.0294. The summed E-state index contributed by atoms with van der Waals surface area (Å²) in [7, 11) is -2.93. The fourth-order valence-corrected chi connectivity index (χ4v) is 4.63. The summed E-state index contributed by atoms with van der Waals surface area (Å²) >= 11 is 0. The Labute approximate surface area is 144 Å². The molecule has 134 valence electrons. The van der Waals surface area contributed by atoms with E-state index in [-0.39, 0.29) is 23.5 Å². The number of nitrogens with zero attached hydrogens (tertiary/aromatic N) is 2. The second kappa shape index (κ2) is 7.96. The molecule has 1 N–H and O–H groups in total. The average molecular weight is 353 g/mol. The molecule has 0 spiro atoms. The molecule has 1 unspecified atom stereocenters. The quantitative estimate of drug-likeness (QED) is 0.809. The maximum atomic E-state index is 12.1. The molecule has 1 amide bonds. The van der Waals surface area contributed by atoms with Gasteiger partial charge in [0.2, 0.25) is 0 Å². The van der Waals surface area contributed by atoms with Crippen molar-refractivity contribution in [3.05, 3.63) is 23.9 Å². The molecule has 2 heterocycles. The van der Waals surface area contributed by atoms with Gasteiger partial charge >= 0.3 is 0 Å². The van der Waals surface area contributed by atoms with Gasteiger partial charge in [0.25, 0.3) is 5.91 Å². The summed E-state index contributed by atoms with van der Waals surface area (Å²) < 4.78 is 23.4. The molecule has 0 saturated carbocycles. The van der Waals surface area contributed by atoms with Crippen LogP contribution in [0.25, 0.3) is 0 Å². The Bertz CT molecular complexity index is 656. The topological polar surface area (TPSA) is 79.4 Å². The van der Waals surface area contributed by atoms with Gasteiger partial charge in [0.15, 0.2) is 9.84 Å². The lowest BCUT2D eigenvalue weighted by Crippen LogP contribution is -2.36. The number of hydrogen-bond donors (Lipinski definition) is 1. The molecule has 1 saturated heterocycles. The predicted molar refractivity (Wildman–Crippen MR) is 96.1 cm³/mol. The Morgan fingerprint density at radius 3 is 2.67 bits per heavy atom. The van der Waals surface area contributed by atoms with Gasteiger partial charge in [0.1, 0.15) is 5.82 Å². The zero-order valence-corrected chi connectivity index (χ0v) is 15.5. The standard InChI is InChI=1S/C17H27N3O3S/c1-4-20(15-8-10-24(22,23)12-15)16-6-5-14(11-19-16)17(21)18-9-7-13(2)3/h5-6,11,13,15H,4,7-10,12H2,1-3H3,(H,18,21). The summed E-state index contributed by atoms with van der Waals surface area (Å²) in [5.41, 5.74) is 0.526. The molecule has 1 aromatic heterocycles. The first-order valence-corrected chi connectivity index (χ1v) is 10.4. The molecule has 1 aliphatic rings. The number of amides is 1. The van der Waals surface area contributed by atoms with Gasteiger partial charge < -0.3 is 10.2 Å². The van der Waals surface area contributed by atoms with Gasteiger partial charge in [-0.1, -0.05) is 13.8 Å². The van der Waals surface area contributed by atoms with E-state index in [1.54, 1.807) is 18.3 Å². The van der Waals surface area contributed by atoms with Crippen LogP contribution in [0, 0.1) is 5.92 Å². The Kier molecular flexibility index (Phi) is 6.21. The first kappa shape index (κ1) is 18.7. The van der Waals surface area contributed by atoms with Crippen LogP contribution in [-0.2, 0) is 9.84 Å². The minimum atomic E-state index is -2.93. The van der Waals surface area contributed by atoms with E-state index in [2.05, 4.69) is 24.1 Å². The molecule has 0 radical (unpaired) electrons. The monoisotopic (exact) mass is 353 g/mol. The van der Waals surface area contributed by atoms with Gasteiger partial charge in [-0.15, -0.1) is 0 Å². The number of sulfone groups is 1. The highest BCUT2D eigenvalue weighted by molar-refractivity contribution is 7.91. The van der Waals surface area contributed by atoms with Crippen molar-refractivity contribution in [3.8, 4) is 0 Å². The van der Waals surface area contributed by atoms with E-state index in [0.29, 0.717) is 31.0 Å². The summed E-state index contributed by atoms with van der Waals surface area (Å²) in [5, 5.41) is 2.89. The van der Waals surface area contributed by atoms with Crippen molar-refractivity contribution in [2.75, 3.05) is 29.5 Å². The summed E-state index contributed by atoms with van der Waals surface area (Å²) in [4.78, 5) is 18.5. The second-order valence-electron chi connectivity index (χ2n) is 6.69. The zero-order chi connectivity index (χ0) is 17.7. The highest BCUT2D eigenvalue weighted by Gasteiger charge is 2.32. The third kappa shape index (κ3) is 4.93. The first-order valence-electron chi connectivity index (χ1n) is 8.53. The number of anilines is 1. The van der Waals surface area contributed by atoms with Crippen molar-refractivity contribution in [1.82, 2.24) is 10.3 Å². The van der Waals surface area contributed by atoms with Gasteiger partial charge in [-0.2, -0.15) is 0 Å². The van der Waals surface area contributed by atoms with E-state index in [0.717, 1.165) is 12.2 Å². The van der Waals surface area contributed by atoms with Crippen LogP contribution in [0.1, 0.15) is 44.0 Å². The molecule has 2 rings (SSSR count). The van der Waals surface area contributed by atoms with Crippen LogP contribution in [0.15, 0.2) is 18.3 Å². The maximum absolute atomic E-state index is 12.1. The number of nitrogens with one attached hydrogen (secondary N) is 1. The van der Waals surface area contributed by atoms with Gasteiger partial charge in [-0.25, -0.2) is 13.4 Å². The SMILES string of the molecule is CCN(c1ccc(C(=O)NCCC(C)C)cn1)C1CCS(=O)(=O)C1. The molecule has 24 heavy (non-hydrogen) atoms. The van der Waals surface area contributed by atoms with Crippen LogP contribution in [-0.4, -0.2) is 49.9 Å². The highest BCUT2D eigenvalue weighted by atomic mass is 32.2. The number of aromatic nitrogens is 1. The van der Waals surface area contributed by atoms with Gasteiger partial charge in [0, 0.05) is 25.3 Å². The molecule has 7 heteroatoms. The normalized spacial score (nSPS) is 19.4. The molecular formula is C17H27N3O3S. The summed E-state index contributed by atoms with van der Waals surface area (Å²) in [5.74, 6) is 1.57. The van der Waals surface area contributed by atoms with E-state index in [9.17, 15) is 13.2 Å². The maximum Gasteiger partial charge on any atom is 0.252 e. The summed E-state index contributed by atoms with van der Waals surface area (Å²) in [6, 6.07) is 3.52. The molecule has 6 nitrogen and oxygen atoms in total. The van der Waals surface area contributed by atoms with Gasteiger partial charge in [-0.3, -0.25) is 4.79 Å². The van der Waals surface area contributed by atoms with Crippen LogP contribution in [0.2, 0.25) is 0 Å². The fourth-order valence-electron chi connectivity index (χ4n) is 2.90. The summed E-state index contributed by atoms with van der Waals surface area (Å²) in [6.07, 6.45) is 3.14. The number of pyridine rings is 1. The smallest absolute Gasteiger partial charge is 0.252 e. The average Bonchev–Trinajstić information content (AvgIpc) is 2.88. The van der Waals surface area contributed by atoms with Crippen molar-refractivity contribution < 1.29 is 13.2 Å². The number of hydrogen-bond acceptors (Lipinski definition) is 5. The van der Waals surface area contributed by atoms with Crippen LogP contribution in [0.3, 0.4) is 0 Å². The lowest BCUT2D eigenvalue weighted by molar-refractivity contribution is 0.0951. The Morgan fingerprint density at radius 1 is 1.42 bits per heavy atom. The van der Waals surface area contributed by atoms with Crippen LogP contribution < -0.4 is 10.2 Å². The van der Waals surface area contributed by atoms with Crippen molar-refractivity contribution >= 4 is 21.6 Å². The second-order valence-corrected chi connectivity index (χ2v) is 8.92. The lowest BCUT2D eigenvalue weighted by Gasteiger charge is -2.27. The molecule has 1 fully saturated rings. The Balaban J connectivity index is 2.01. The van der Waals surface area contributed by atoms with Crippen LogP contribution in [0.4, 0.5) is 5.82 Å². The van der Waals surface area contributed by atoms with E-state index >= 15 is 0 Å². The van der Waals surface area contributed by atoms with Crippen molar-refractivity contribution in [1.29, 1.82) is 0 Å². The van der Waals surface area contributed by atoms with Crippen LogP contribution >= 0.6 is 0 Å². The van der Waals surface area contributed by atoms with E-state index in [1.807, 2.05) is 11.8 Å². The van der Waals surface area contributed by atoms with E-state index < -0.39 is 9.84 Å².